The molecule has 1 heterocycles. The summed E-state index contributed by atoms with van der Waals surface area (Å²) in [6.07, 6.45) is 2.11. The molecule has 4 nitrogen and oxygen atoms in total. The molecular weight excluding hydrogens is 176 g/mol. The molecule has 1 aliphatic carbocycles. The fourth-order valence-electron chi connectivity index (χ4n) is 0.882. The van der Waals surface area contributed by atoms with Crippen LogP contribution in [0.2, 0.25) is 0 Å². The first-order valence-electron chi connectivity index (χ1n) is 3.74. The van der Waals surface area contributed by atoms with Gasteiger partial charge in [-0.15, -0.1) is 0 Å². The molecule has 5 heteroatoms. The molecule has 1 saturated carbocycles. The Morgan fingerprint density at radius 1 is 1.67 bits per heavy atom. The minimum absolute atomic E-state index is 0.171. The normalized spacial score (nSPS) is 16.0. The summed E-state index contributed by atoms with van der Waals surface area (Å²) in [6, 6.07) is 0.334. The molecule has 0 saturated heterocycles. The summed E-state index contributed by atoms with van der Waals surface area (Å²) in [5, 5.41) is 4.32. The van der Waals surface area contributed by atoms with E-state index in [0.29, 0.717) is 11.7 Å². The third kappa shape index (κ3) is 1.55. The van der Waals surface area contributed by atoms with Crippen molar-refractivity contribution in [1.29, 1.82) is 0 Å². The van der Waals surface area contributed by atoms with Crippen LogP contribution in [0.25, 0.3) is 0 Å². The fourth-order valence-corrected chi connectivity index (χ4v) is 1.44. The average molecular weight is 184 g/mol. The van der Waals surface area contributed by atoms with Crippen LogP contribution in [-0.2, 0) is 0 Å². The number of hydrogen-bond acceptors (Lipinski definition) is 3. The van der Waals surface area contributed by atoms with Crippen LogP contribution in [0.4, 0.5) is 0 Å². The van der Waals surface area contributed by atoms with Crippen LogP contribution < -0.4 is 10.2 Å². The Balaban J connectivity index is 2.07. The van der Waals surface area contributed by atoms with Crippen molar-refractivity contribution in [3.8, 4) is 0 Å². The molecular formula is C7H8N2O2S. The number of H-pyrrole nitrogens is 1. The summed E-state index contributed by atoms with van der Waals surface area (Å²) in [5.41, 5.74) is 0.372. The standard InChI is InChI=1S/C7H8N2O2S/c10-6(8-4-1-2-4)5-3-12-7(11)9-5/h3-4H,1-2H2,(H,8,10)(H,9,11). The molecule has 0 aliphatic heterocycles. The predicted molar refractivity (Wildman–Crippen MR) is 45.4 cm³/mol. The molecule has 0 unspecified atom stereocenters. The van der Waals surface area contributed by atoms with Crippen LogP contribution in [0.3, 0.4) is 0 Å². The van der Waals surface area contributed by atoms with Crippen molar-refractivity contribution in [2.45, 2.75) is 18.9 Å². The van der Waals surface area contributed by atoms with Crippen molar-refractivity contribution in [2.75, 3.05) is 0 Å². The van der Waals surface area contributed by atoms with Crippen LogP contribution >= 0.6 is 11.3 Å². The van der Waals surface area contributed by atoms with Crippen LogP contribution in [0.15, 0.2) is 10.2 Å². The van der Waals surface area contributed by atoms with E-state index in [1.807, 2.05) is 0 Å². The van der Waals surface area contributed by atoms with Gasteiger partial charge in [0.05, 0.1) is 0 Å². The van der Waals surface area contributed by atoms with Gasteiger partial charge in [0.25, 0.3) is 5.91 Å². The Morgan fingerprint density at radius 3 is 2.92 bits per heavy atom. The molecule has 1 aromatic rings. The van der Waals surface area contributed by atoms with E-state index in [4.69, 9.17) is 0 Å². The number of amides is 1. The van der Waals surface area contributed by atoms with Gasteiger partial charge in [-0.25, -0.2) is 0 Å². The number of aromatic nitrogens is 1. The quantitative estimate of drug-likeness (QED) is 0.695. The number of aromatic amines is 1. The zero-order valence-electron chi connectivity index (χ0n) is 6.29. The highest BCUT2D eigenvalue weighted by atomic mass is 32.1. The topological polar surface area (TPSA) is 62.0 Å². The largest absolute Gasteiger partial charge is 0.348 e. The van der Waals surface area contributed by atoms with Gasteiger partial charge in [-0.1, -0.05) is 11.3 Å². The average Bonchev–Trinajstić information content (AvgIpc) is 2.72. The van der Waals surface area contributed by atoms with Crippen molar-refractivity contribution in [2.24, 2.45) is 0 Å². The summed E-state index contributed by atoms with van der Waals surface area (Å²) in [6.45, 7) is 0. The Bertz CT molecular complexity index is 350. The number of carbonyl (C=O) groups is 1. The van der Waals surface area contributed by atoms with Gasteiger partial charge in [0.15, 0.2) is 0 Å². The van der Waals surface area contributed by atoms with Crippen LogP contribution in [0, 0.1) is 0 Å². The number of rotatable bonds is 2. The summed E-state index contributed by atoms with van der Waals surface area (Å²) < 4.78 is 0. The molecule has 1 fully saturated rings. The Kier molecular flexibility index (Phi) is 1.73. The number of nitrogens with one attached hydrogen (secondary N) is 2. The third-order valence-electron chi connectivity index (χ3n) is 1.68. The van der Waals surface area contributed by atoms with Gasteiger partial charge in [0.2, 0.25) is 0 Å². The van der Waals surface area contributed by atoms with Gasteiger partial charge in [-0.3, -0.25) is 9.59 Å². The molecule has 0 atom stereocenters. The zero-order valence-corrected chi connectivity index (χ0v) is 7.11. The zero-order chi connectivity index (χ0) is 8.55. The van der Waals surface area contributed by atoms with E-state index in [2.05, 4.69) is 10.3 Å². The molecule has 12 heavy (non-hydrogen) atoms. The van der Waals surface area contributed by atoms with E-state index in [0.717, 1.165) is 24.2 Å². The van der Waals surface area contributed by atoms with E-state index in [1.165, 1.54) is 0 Å². The predicted octanol–water partition coefficient (Wildman–Crippen LogP) is 0.329. The monoisotopic (exact) mass is 184 g/mol. The smallest absolute Gasteiger partial charge is 0.305 e. The maximum Gasteiger partial charge on any atom is 0.305 e. The van der Waals surface area contributed by atoms with E-state index in [9.17, 15) is 9.59 Å². The van der Waals surface area contributed by atoms with Crippen molar-refractivity contribution >= 4 is 17.2 Å². The van der Waals surface area contributed by atoms with Gasteiger partial charge < -0.3 is 10.3 Å². The number of carbonyl (C=O) groups excluding carboxylic acids is 1. The van der Waals surface area contributed by atoms with Gasteiger partial charge in [0, 0.05) is 11.4 Å². The lowest BCUT2D eigenvalue weighted by Crippen LogP contribution is -2.26. The van der Waals surface area contributed by atoms with Crippen molar-refractivity contribution in [1.82, 2.24) is 10.3 Å². The molecule has 0 aromatic carbocycles. The second kappa shape index (κ2) is 2.75. The summed E-state index contributed by atoms with van der Waals surface area (Å²) >= 11 is 1.01. The molecule has 0 bridgehead atoms. The minimum atomic E-state index is -0.184. The fraction of sp³-hybridized carbons (Fsp3) is 0.429. The first-order chi connectivity index (χ1) is 5.75. The lowest BCUT2D eigenvalue weighted by Gasteiger charge is -1.97. The molecule has 2 N–H and O–H groups in total. The maximum absolute atomic E-state index is 11.2. The summed E-state index contributed by atoms with van der Waals surface area (Å²) in [5.74, 6) is -0.171. The van der Waals surface area contributed by atoms with Crippen LogP contribution in [0.5, 0.6) is 0 Å². The van der Waals surface area contributed by atoms with E-state index >= 15 is 0 Å². The van der Waals surface area contributed by atoms with Crippen LogP contribution in [-0.4, -0.2) is 16.9 Å². The lowest BCUT2D eigenvalue weighted by molar-refractivity contribution is 0.0946. The molecule has 0 spiro atoms. The van der Waals surface area contributed by atoms with Crippen molar-refractivity contribution in [3.05, 3.63) is 20.7 Å². The highest BCUT2D eigenvalue weighted by Gasteiger charge is 2.24. The van der Waals surface area contributed by atoms with Gasteiger partial charge in [-0.2, -0.15) is 0 Å². The molecule has 1 amide bonds. The Labute approximate surface area is 72.6 Å². The Hall–Kier alpha value is -1.10. The molecule has 1 aliphatic rings. The minimum Gasteiger partial charge on any atom is -0.348 e. The van der Waals surface area contributed by atoms with E-state index in [1.54, 1.807) is 5.38 Å². The molecule has 1 aromatic heterocycles. The summed E-state index contributed by atoms with van der Waals surface area (Å²) in [7, 11) is 0. The first kappa shape index (κ1) is 7.54. The highest BCUT2D eigenvalue weighted by Crippen LogP contribution is 2.18. The summed E-state index contributed by atoms with van der Waals surface area (Å²) in [4.78, 5) is 24.2. The second-order valence-corrected chi connectivity index (χ2v) is 3.65. The van der Waals surface area contributed by atoms with Gasteiger partial charge in [0.1, 0.15) is 5.69 Å². The lowest BCUT2D eigenvalue weighted by atomic mass is 10.4. The molecule has 0 radical (unpaired) electrons. The first-order valence-corrected chi connectivity index (χ1v) is 4.62. The van der Waals surface area contributed by atoms with E-state index in [-0.39, 0.29) is 10.8 Å². The maximum atomic E-state index is 11.2. The van der Waals surface area contributed by atoms with E-state index < -0.39 is 0 Å². The third-order valence-corrected chi connectivity index (χ3v) is 2.35. The van der Waals surface area contributed by atoms with Gasteiger partial charge >= 0.3 is 4.87 Å². The number of hydrogen-bond donors (Lipinski definition) is 2. The van der Waals surface area contributed by atoms with Crippen LogP contribution in [0.1, 0.15) is 23.3 Å². The SMILES string of the molecule is O=C(NC1CC1)c1csc(=O)[nH]1. The van der Waals surface area contributed by atoms with Gasteiger partial charge in [-0.05, 0) is 12.8 Å². The second-order valence-electron chi connectivity index (χ2n) is 2.81. The van der Waals surface area contributed by atoms with Crippen molar-refractivity contribution in [3.63, 3.8) is 0 Å². The highest BCUT2D eigenvalue weighted by molar-refractivity contribution is 7.07. The molecule has 2 rings (SSSR count). The Morgan fingerprint density at radius 2 is 2.42 bits per heavy atom. The number of thiazole rings is 1. The van der Waals surface area contributed by atoms with Crippen molar-refractivity contribution < 1.29 is 4.79 Å². The molecule has 64 valence electrons.